The molecule has 0 radical (unpaired) electrons. The molecule has 2 aromatic rings. The lowest BCUT2D eigenvalue weighted by Gasteiger charge is -2.34. The number of sulfonamides is 1. The minimum Gasteiger partial charge on any atom is -0.389 e. The van der Waals surface area contributed by atoms with Crippen molar-refractivity contribution in [1.82, 2.24) is 9.21 Å². The molecule has 0 aromatic heterocycles. The summed E-state index contributed by atoms with van der Waals surface area (Å²) in [4.78, 5) is 2.12. The predicted octanol–water partition coefficient (Wildman–Crippen LogP) is 1.71. The molecule has 1 N–H and O–H groups in total. The van der Waals surface area contributed by atoms with Gasteiger partial charge in [-0.05, 0) is 29.8 Å². The van der Waals surface area contributed by atoms with E-state index in [4.69, 9.17) is 4.74 Å². The first-order valence-electron chi connectivity index (χ1n) is 9.23. The van der Waals surface area contributed by atoms with Crippen molar-refractivity contribution in [2.24, 2.45) is 0 Å². The summed E-state index contributed by atoms with van der Waals surface area (Å²) in [6, 6.07) is 14.6. The highest BCUT2D eigenvalue weighted by molar-refractivity contribution is 7.89. The third-order valence-electron chi connectivity index (χ3n) is 4.67. The lowest BCUT2D eigenvalue weighted by Crippen LogP contribution is -2.50. The molecule has 1 aliphatic heterocycles. The Hall–Kier alpha value is -1.84. The highest BCUT2D eigenvalue weighted by Gasteiger charge is 2.29. The maximum atomic E-state index is 13.0. The topological polar surface area (TPSA) is 70.1 Å². The molecule has 28 heavy (non-hydrogen) atoms. The molecule has 1 heterocycles. The van der Waals surface area contributed by atoms with Gasteiger partial charge in [-0.1, -0.05) is 30.3 Å². The molecule has 0 unspecified atom stereocenters. The minimum absolute atomic E-state index is 0.0942. The van der Waals surface area contributed by atoms with Gasteiger partial charge in [-0.3, -0.25) is 4.90 Å². The van der Waals surface area contributed by atoms with Crippen LogP contribution in [-0.2, 0) is 21.4 Å². The summed E-state index contributed by atoms with van der Waals surface area (Å²) < 4.78 is 45.2. The van der Waals surface area contributed by atoms with Crippen LogP contribution in [0.3, 0.4) is 0 Å². The van der Waals surface area contributed by atoms with Crippen LogP contribution in [0.2, 0.25) is 0 Å². The van der Waals surface area contributed by atoms with Crippen LogP contribution >= 0.6 is 0 Å². The van der Waals surface area contributed by atoms with Gasteiger partial charge >= 0.3 is 0 Å². The second-order valence-corrected chi connectivity index (χ2v) is 8.75. The van der Waals surface area contributed by atoms with E-state index in [0.29, 0.717) is 39.3 Å². The van der Waals surface area contributed by atoms with E-state index in [-0.39, 0.29) is 11.5 Å². The highest BCUT2D eigenvalue weighted by Crippen LogP contribution is 2.18. The predicted molar refractivity (Wildman–Crippen MR) is 104 cm³/mol. The van der Waals surface area contributed by atoms with Crippen molar-refractivity contribution in [3.8, 4) is 0 Å². The average Bonchev–Trinajstić information content (AvgIpc) is 2.69. The first-order chi connectivity index (χ1) is 13.4. The lowest BCUT2D eigenvalue weighted by molar-refractivity contribution is 0.00539. The summed E-state index contributed by atoms with van der Waals surface area (Å²) >= 11 is 0. The summed E-state index contributed by atoms with van der Waals surface area (Å²) in [5, 5.41) is 10.2. The number of piperazine rings is 1. The molecule has 0 saturated carbocycles. The van der Waals surface area contributed by atoms with Crippen LogP contribution in [-0.4, -0.2) is 68.2 Å². The number of benzene rings is 2. The normalized spacial score (nSPS) is 17.5. The molecule has 1 fully saturated rings. The van der Waals surface area contributed by atoms with Crippen molar-refractivity contribution >= 4 is 10.0 Å². The minimum atomic E-state index is -3.62. The molecule has 1 atom stereocenters. The highest BCUT2D eigenvalue weighted by atomic mass is 32.2. The first kappa shape index (κ1) is 20.9. The van der Waals surface area contributed by atoms with Crippen LogP contribution in [0.25, 0.3) is 0 Å². The van der Waals surface area contributed by atoms with Gasteiger partial charge in [0, 0.05) is 32.7 Å². The number of nitrogens with zero attached hydrogens (tertiary/aromatic N) is 2. The Bertz CT molecular complexity index is 838. The van der Waals surface area contributed by atoms with E-state index in [1.54, 1.807) is 0 Å². The van der Waals surface area contributed by atoms with Crippen molar-refractivity contribution in [1.29, 1.82) is 0 Å². The molecule has 152 valence electrons. The second kappa shape index (κ2) is 9.58. The summed E-state index contributed by atoms with van der Waals surface area (Å²) in [5.74, 6) is -0.466. The van der Waals surface area contributed by atoms with Crippen molar-refractivity contribution in [2.75, 3.05) is 39.3 Å². The monoisotopic (exact) mass is 408 g/mol. The molecule has 2 aromatic carbocycles. The van der Waals surface area contributed by atoms with Crippen molar-refractivity contribution < 1.29 is 22.7 Å². The summed E-state index contributed by atoms with van der Waals surface area (Å²) in [6.45, 7) is 2.81. The Morgan fingerprint density at radius 3 is 2.29 bits per heavy atom. The Kier molecular flexibility index (Phi) is 7.14. The van der Waals surface area contributed by atoms with Gasteiger partial charge in [-0.2, -0.15) is 4.31 Å². The van der Waals surface area contributed by atoms with Crippen molar-refractivity contribution in [3.63, 3.8) is 0 Å². The van der Waals surface area contributed by atoms with Crippen LogP contribution in [0.4, 0.5) is 4.39 Å². The van der Waals surface area contributed by atoms with E-state index >= 15 is 0 Å². The average molecular weight is 408 g/mol. The molecule has 0 aliphatic carbocycles. The van der Waals surface area contributed by atoms with Gasteiger partial charge in [0.25, 0.3) is 0 Å². The Balaban J connectivity index is 1.42. The van der Waals surface area contributed by atoms with Crippen molar-refractivity contribution in [2.45, 2.75) is 17.6 Å². The fourth-order valence-corrected chi connectivity index (χ4v) is 4.57. The SMILES string of the molecule is O=S(=O)(c1ccc(F)cc1)N1CCN(C[C@@H](O)COCc2ccccc2)CC1. The van der Waals surface area contributed by atoms with E-state index in [2.05, 4.69) is 0 Å². The third-order valence-corrected chi connectivity index (χ3v) is 6.59. The number of ether oxygens (including phenoxy) is 1. The molecular formula is C20H25FN2O4S. The standard InChI is InChI=1S/C20H25FN2O4S/c21-18-6-8-20(9-7-18)28(25,26)23-12-10-22(11-13-23)14-19(24)16-27-15-17-4-2-1-3-5-17/h1-9,19,24H,10-16H2/t19-/m1/s1. The molecule has 0 spiro atoms. The number of halogens is 1. The number of β-amino-alcohol motifs (C(OH)–C–C–N with tert-alkyl or cyclic N) is 1. The van der Waals surface area contributed by atoms with E-state index in [1.807, 2.05) is 35.2 Å². The van der Waals surface area contributed by atoms with Gasteiger partial charge in [-0.15, -0.1) is 0 Å². The Morgan fingerprint density at radius 1 is 1.00 bits per heavy atom. The van der Waals surface area contributed by atoms with Crippen molar-refractivity contribution in [3.05, 3.63) is 66.0 Å². The van der Waals surface area contributed by atoms with E-state index in [1.165, 1.54) is 16.4 Å². The number of hydrogen-bond donors (Lipinski definition) is 1. The van der Waals surface area contributed by atoms with E-state index in [0.717, 1.165) is 17.7 Å². The summed E-state index contributed by atoms with van der Waals surface area (Å²) in [5.41, 5.74) is 1.05. The van der Waals surface area contributed by atoms with Gasteiger partial charge in [0.1, 0.15) is 5.82 Å². The lowest BCUT2D eigenvalue weighted by atomic mass is 10.2. The van der Waals surface area contributed by atoms with E-state index < -0.39 is 21.9 Å². The van der Waals surface area contributed by atoms with Gasteiger partial charge in [0.05, 0.1) is 24.2 Å². The zero-order chi connectivity index (χ0) is 20.0. The summed E-state index contributed by atoms with van der Waals surface area (Å²) in [6.07, 6.45) is -0.635. The number of aliphatic hydroxyl groups is 1. The smallest absolute Gasteiger partial charge is 0.243 e. The Morgan fingerprint density at radius 2 is 1.64 bits per heavy atom. The van der Waals surface area contributed by atoms with Crippen LogP contribution in [0.1, 0.15) is 5.56 Å². The van der Waals surface area contributed by atoms with Crippen LogP contribution in [0.5, 0.6) is 0 Å². The van der Waals surface area contributed by atoms with Crippen LogP contribution < -0.4 is 0 Å². The van der Waals surface area contributed by atoms with Crippen LogP contribution in [0, 0.1) is 5.82 Å². The fourth-order valence-electron chi connectivity index (χ4n) is 3.15. The summed E-state index contributed by atoms with van der Waals surface area (Å²) in [7, 11) is -3.62. The molecule has 1 saturated heterocycles. The second-order valence-electron chi connectivity index (χ2n) is 6.81. The number of hydrogen-bond acceptors (Lipinski definition) is 5. The maximum absolute atomic E-state index is 13.0. The van der Waals surface area contributed by atoms with Gasteiger partial charge in [0.2, 0.25) is 10.0 Å². The number of aliphatic hydroxyl groups excluding tert-OH is 1. The van der Waals surface area contributed by atoms with E-state index in [9.17, 15) is 17.9 Å². The van der Waals surface area contributed by atoms with Crippen LogP contribution in [0.15, 0.2) is 59.5 Å². The molecule has 0 amide bonds. The zero-order valence-corrected chi connectivity index (χ0v) is 16.4. The molecule has 3 rings (SSSR count). The zero-order valence-electron chi connectivity index (χ0n) is 15.6. The molecule has 1 aliphatic rings. The molecule has 6 nitrogen and oxygen atoms in total. The quantitative estimate of drug-likeness (QED) is 0.720. The largest absolute Gasteiger partial charge is 0.389 e. The molecular weight excluding hydrogens is 383 g/mol. The van der Waals surface area contributed by atoms with Gasteiger partial charge in [-0.25, -0.2) is 12.8 Å². The van der Waals surface area contributed by atoms with Gasteiger partial charge in [0.15, 0.2) is 0 Å². The fraction of sp³-hybridized carbons (Fsp3) is 0.400. The number of rotatable bonds is 8. The first-order valence-corrected chi connectivity index (χ1v) is 10.7. The maximum Gasteiger partial charge on any atom is 0.243 e. The third kappa shape index (κ3) is 5.59. The molecule has 8 heteroatoms. The van der Waals surface area contributed by atoms with Gasteiger partial charge < -0.3 is 9.84 Å². The Labute approximate surface area is 165 Å². The molecule has 0 bridgehead atoms.